The predicted molar refractivity (Wildman–Crippen MR) is 152 cm³/mol. The van der Waals surface area contributed by atoms with Crippen LogP contribution >= 0.6 is 0 Å². The number of aromatic nitrogens is 1. The molecule has 0 bridgehead atoms. The Hall–Kier alpha value is -4.74. The first-order valence-electron chi connectivity index (χ1n) is 13.7. The summed E-state index contributed by atoms with van der Waals surface area (Å²) in [5, 5.41) is 2.44. The molecule has 2 aromatic rings. The number of hydrogen-bond acceptors (Lipinski definition) is 11. The van der Waals surface area contributed by atoms with Gasteiger partial charge in [0.05, 0.1) is 13.0 Å². The number of carbonyl (C=O) groups excluding carboxylic acids is 5. The summed E-state index contributed by atoms with van der Waals surface area (Å²) in [5.74, 6) is -5.70. The number of cyclic esters (lactones) is 2. The molecule has 230 valence electrons. The highest BCUT2D eigenvalue weighted by molar-refractivity contribution is 5.99. The smallest absolute Gasteiger partial charge is 0.336 e. The Kier molecular flexibility index (Phi) is 11.4. The lowest BCUT2D eigenvalue weighted by Gasteiger charge is -2.29. The maximum Gasteiger partial charge on any atom is 0.336 e. The van der Waals surface area contributed by atoms with Crippen molar-refractivity contribution >= 4 is 29.8 Å². The molecule has 1 saturated heterocycles. The van der Waals surface area contributed by atoms with E-state index < -0.39 is 66.5 Å². The maximum atomic E-state index is 13.4. The van der Waals surface area contributed by atoms with Gasteiger partial charge < -0.3 is 29.0 Å². The van der Waals surface area contributed by atoms with Gasteiger partial charge in [0.1, 0.15) is 18.6 Å². The number of pyridine rings is 1. The van der Waals surface area contributed by atoms with Crippen LogP contribution in [-0.4, -0.2) is 66.7 Å². The number of methoxy groups -OCH3 is 1. The summed E-state index contributed by atoms with van der Waals surface area (Å²) in [7, 11) is 1.32. The summed E-state index contributed by atoms with van der Waals surface area (Å²) in [6, 6.07) is 8.98. The number of ether oxygens (including phenoxy) is 5. The topological polar surface area (TPSA) is 156 Å². The monoisotopic (exact) mass is 596 g/mol. The van der Waals surface area contributed by atoms with Crippen LogP contribution in [-0.2, 0) is 39.8 Å². The third-order valence-electron chi connectivity index (χ3n) is 6.38. The summed E-state index contributed by atoms with van der Waals surface area (Å²) in [6.07, 6.45) is 0.380. The van der Waals surface area contributed by atoms with Crippen molar-refractivity contribution in [2.75, 3.05) is 13.7 Å². The number of benzene rings is 1. The van der Waals surface area contributed by atoms with Gasteiger partial charge in [-0.05, 0) is 32.8 Å². The molecule has 1 aliphatic heterocycles. The molecule has 2 heterocycles. The molecule has 1 N–H and O–H groups in total. The van der Waals surface area contributed by atoms with Crippen LogP contribution in [0.4, 0.5) is 0 Å². The molecule has 0 spiro atoms. The van der Waals surface area contributed by atoms with Gasteiger partial charge in [-0.15, -0.1) is 0 Å². The second-order valence-corrected chi connectivity index (χ2v) is 10.5. The van der Waals surface area contributed by atoms with E-state index in [-0.39, 0.29) is 23.6 Å². The molecule has 1 aromatic carbocycles. The van der Waals surface area contributed by atoms with Gasteiger partial charge in [0.15, 0.2) is 23.6 Å². The van der Waals surface area contributed by atoms with Gasteiger partial charge in [-0.25, -0.2) is 14.6 Å². The van der Waals surface area contributed by atoms with E-state index in [4.69, 9.17) is 23.7 Å². The van der Waals surface area contributed by atoms with Crippen molar-refractivity contribution < 1.29 is 47.7 Å². The first kappa shape index (κ1) is 32.8. The summed E-state index contributed by atoms with van der Waals surface area (Å²) < 4.78 is 27.3. The number of hydrogen-bond donors (Lipinski definition) is 1. The van der Waals surface area contributed by atoms with Crippen molar-refractivity contribution in [3.05, 3.63) is 65.5 Å². The lowest BCUT2D eigenvalue weighted by Crippen LogP contribution is -2.47. The molecule has 0 aliphatic carbocycles. The van der Waals surface area contributed by atoms with Crippen molar-refractivity contribution in [1.29, 1.82) is 0 Å². The van der Waals surface area contributed by atoms with Gasteiger partial charge in [0.2, 0.25) is 5.75 Å². The van der Waals surface area contributed by atoms with Crippen LogP contribution in [0, 0.1) is 11.8 Å². The van der Waals surface area contributed by atoms with E-state index >= 15 is 0 Å². The van der Waals surface area contributed by atoms with Gasteiger partial charge in [-0.3, -0.25) is 14.4 Å². The molecule has 4 atom stereocenters. The SMILES string of the molecule is COc1ccnc(C(=O)NC2COC(=O)C(Cc3ccccc3)C(OC(=O)C(C)C)C(C)OC2=O)c1OC(=O)C=C(C)C. The lowest BCUT2D eigenvalue weighted by atomic mass is 9.91. The van der Waals surface area contributed by atoms with Crippen molar-refractivity contribution in [3.63, 3.8) is 0 Å². The van der Waals surface area contributed by atoms with Gasteiger partial charge >= 0.3 is 23.9 Å². The van der Waals surface area contributed by atoms with E-state index in [1.54, 1.807) is 39.8 Å². The molecule has 12 nitrogen and oxygen atoms in total. The predicted octanol–water partition coefficient (Wildman–Crippen LogP) is 2.98. The standard InChI is InChI=1S/C31H36N2O10/c1-17(2)14-24(34)42-27-23(39-6)12-13-32-25(27)28(35)33-22-16-40-30(37)21(15-20-10-8-7-9-11-20)26(19(5)41-31(22)38)43-29(36)18(3)4/h7-14,18-19,21-22,26H,15-16H2,1-6H3,(H,33,35). The minimum absolute atomic E-state index is 0.0475. The van der Waals surface area contributed by atoms with Crippen LogP contribution < -0.4 is 14.8 Å². The molecular formula is C31H36N2O10. The fraction of sp³-hybridized carbons (Fsp3) is 0.419. The number of rotatable bonds is 9. The van der Waals surface area contributed by atoms with E-state index in [1.807, 2.05) is 18.2 Å². The first-order valence-corrected chi connectivity index (χ1v) is 13.7. The second kappa shape index (κ2) is 14.9. The zero-order valence-electron chi connectivity index (χ0n) is 24.9. The molecular weight excluding hydrogens is 560 g/mol. The third kappa shape index (κ3) is 8.87. The number of nitrogens with one attached hydrogen (secondary N) is 1. The largest absolute Gasteiger partial charge is 0.493 e. The Morgan fingerprint density at radius 1 is 1.09 bits per heavy atom. The quantitative estimate of drug-likeness (QED) is 0.258. The van der Waals surface area contributed by atoms with Crippen LogP contribution in [0.15, 0.2) is 54.2 Å². The fourth-order valence-corrected chi connectivity index (χ4v) is 4.19. The van der Waals surface area contributed by atoms with Crippen LogP contribution in [0.3, 0.4) is 0 Å². The van der Waals surface area contributed by atoms with Gasteiger partial charge in [0.25, 0.3) is 5.91 Å². The van der Waals surface area contributed by atoms with E-state index in [2.05, 4.69) is 10.3 Å². The number of carbonyl (C=O) groups is 5. The van der Waals surface area contributed by atoms with Crippen molar-refractivity contribution in [1.82, 2.24) is 10.3 Å². The molecule has 0 saturated carbocycles. The Morgan fingerprint density at radius 2 is 1.79 bits per heavy atom. The highest BCUT2D eigenvalue weighted by atomic mass is 16.6. The normalized spacial score (nSPS) is 20.3. The molecule has 12 heteroatoms. The Bertz CT molecular complexity index is 1370. The summed E-state index contributed by atoms with van der Waals surface area (Å²) in [4.78, 5) is 68.9. The zero-order chi connectivity index (χ0) is 31.7. The number of allylic oxidation sites excluding steroid dienone is 1. The van der Waals surface area contributed by atoms with E-state index in [9.17, 15) is 24.0 Å². The highest BCUT2D eigenvalue weighted by Gasteiger charge is 2.42. The van der Waals surface area contributed by atoms with Crippen LogP contribution in [0.25, 0.3) is 0 Å². The van der Waals surface area contributed by atoms with Crippen molar-refractivity contribution in [3.8, 4) is 11.5 Å². The van der Waals surface area contributed by atoms with Gasteiger partial charge in [0, 0.05) is 18.3 Å². The average molecular weight is 597 g/mol. The summed E-state index contributed by atoms with van der Waals surface area (Å²) >= 11 is 0. The molecule has 4 unspecified atom stereocenters. The zero-order valence-corrected chi connectivity index (χ0v) is 24.9. The molecule has 1 aliphatic rings. The Labute approximate surface area is 249 Å². The molecule has 1 fully saturated rings. The highest BCUT2D eigenvalue weighted by Crippen LogP contribution is 2.30. The second-order valence-electron chi connectivity index (χ2n) is 10.5. The van der Waals surface area contributed by atoms with Crippen LogP contribution in [0.5, 0.6) is 11.5 Å². The van der Waals surface area contributed by atoms with E-state index in [0.29, 0.717) is 5.57 Å². The minimum atomic E-state index is -1.47. The molecule has 1 aromatic heterocycles. The summed E-state index contributed by atoms with van der Waals surface area (Å²) in [6.45, 7) is 7.59. The number of nitrogens with zero attached hydrogens (tertiary/aromatic N) is 1. The molecule has 3 rings (SSSR count). The average Bonchev–Trinajstić information content (AvgIpc) is 2.99. The molecule has 1 amide bonds. The fourth-order valence-electron chi connectivity index (χ4n) is 4.19. The first-order chi connectivity index (χ1) is 20.4. The van der Waals surface area contributed by atoms with Crippen molar-refractivity contribution in [2.24, 2.45) is 11.8 Å². The Morgan fingerprint density at radius 3 is 2.42 bits per heavy atom. The Balaban J connectivity index is 1.90. The van der Waals surface area contributed by atoms with E-state index in [0.717, 1.165) is 5.56 Å². The molecule has 43 heavy (non-hydrogen) atoms. The molecule has 0 radical (unpaired) electrons. The van der Waals surface area contributed by atoms with Crippen LogP contribution in [0.2, 0.25) is 0 Å². The van der Waals surface area contributed by atoms with Crippen LogP contribution in [0.1, 0.15) is 50.7 Å². The van der Waals surface area contributed by atoms with Gasteiger partial charge in [-0.1, -0.05) is 49.8 Å². The third-order valence-corrected chi connectivity index (χ3v) is 6.38. The number of esters is 4. The number of amides is 1. The summed E-state index contributed by atoms with van der Waals surface area (Å²) in [5.41, 5.74) is 1.08. The van der Waals surface area contributed by atoms with Gasteiger partial charge in [-0.2, -0.15) is 0 Å². The minimum Gasteiger partial charge on any atom is -0.493 e. The lowest BCUT2D eigenvalue weighted by molar-refractivity contribution is -0.176. The van der Waals surface area contributed by atoms with Crippen molar-refractivity contribution in [2.45, 2.75) is 59.3 Å². The van der Waals surface area contributed by atoms with E-state index in [1.165, 1.54) is 32.4 Å². The maximum absolute atomic E-state index is 13.4.